The van der Waals surface area contributed by atoms with Crippen molar-refractivity contribution in [2.45, 2.75) is 32.1 Å². The van der Waals surface area contributed by atoms with Crippen molar-refractivity contribution in [1.29, 1.82) is 0 Å². The van der Waals surface area contributed by atoms with Crippen molar-refractivity contribution in [2.75, 3.05) is 0 Å². The van der Waals surface area contributed by atoms with E-state index in [-0.39, 0.29) is 17.6 Å². The van der Waals surface area contributed by atoms with Gasteiger partial charge in [-0.2, -0.15) is 0 Å². The Bertz CT molecular complexity index is 709. The summed E-state index contributed by atoms with van der Waals surface area (Å²) in [5.74, 6) is -0.538. The molecule has 2 aromatic rings. The SMILES string of the molecule is CCc1ccc([C@H](C)NS(=O)(=O)Cc2ccc(F)cc2)cc1. The summed E-state index contributed by atoms with van der Waals surface area (Å²) < 4.78 is 39.9. The molecule has 0 unspecified atom stereocenters. The minimum Gasteiger partial charge on any atom is -0.212 e. The van der Waals surface area contributed by atoms with Gasteiger partial charge in [0.2, 0.25) is 10.0 Å². The predicted molar refractivity (Wildman–Crippen MR) is 86.4 cm³/mol. The Morgan fingerprint density at radius 3 is 2.09 bits per heavy atom. The maximum Gasteiger partial charge on any atom is 0.216 e. The first-order valence-corrected chi connectivity index (χ1v) is 8.88. The van der Waals surface area contributed by atoms with Crippen LogP contribution in [0.25, 0.3) is 0 Å². The fourth-order valence-electron chi connectivity index (χ4n) is 2.22. The largest absolute Gasteiger partial charge is 0.216 e. The molecule has 0 aromatic heterocycles. The van der Waals surface area contributed by atoms with Gasteiger partial charge in [-0.05, 0) is 42.2 Å². The number of rotatable bonds is 6. The van der Waals surface area contributed by atoms with Gasteiger partial charge in [0.1, 0.15) is 5.82 Å². The van der Waals surface area contributed by atoms with Crippen molar-refractivity contribution in [3.63, 3.8) is 0 Å². The van der Waals surface area contributed by atoms with Crippen LogP contribution in [0.1, 0.15) is 36.6 Å². The number of sulfonamides is 1. The van der Waals surface area contributed by atoms with Gasteiger partial charge in [-0.25, -0.2) is 17.5 Å². The van der Waals surface area contributed by atoms with Gasteiger partial charge >= 0.3 is 0 Å². The molecule has 0 saturated heterocycles. The molecule has 22 heavy (non-hydrogen) atoms. The third kappa shape index (κ3) is 4.64. The minimum atomic E-state index is -3.48. The van der Waals surface area contributed by atoms with E-state index < -0.39 is 10.0 Å². The van der Waals surface area contributed by atoms with Crippen LogP contribution in [0, 0.1) is 5.82 Å². The molecule has 5 heteroatoms. The highest BCUT2D eigenvalue weighted by atomic mass is 32.2. The fraction of sp³-hybridized carbons (Fsp3) is 0.294. The number of nitrogens with one attached hydrogen (secondary N) is 1. The number of hydrogen-bond acceptors (Lipinski definition) is 2. The van der Waals surface area contributed by atoms with Crippen molar-refractivity contribution in [3.05, 3.63) is 71.0 Å². The first-order valence-electron chi connectivity index (χ1n) is 7.23. The number of halogens is 1. The maximum atomic E-state index is 12.8. The molecule has 0 spiro atoms. The molecule has 0 radical (unpaired) electrons. The highest BCUT2D eigenvalue weighted by molar-refractivity contribution is 7.88. The average Bonchev–Trinajstić information content (AvgIpc) is 2.49. The molecular weight excluding hydrogens is 301 g/mol. The summed E-state index contributed by atoms with van der Waals surface area (Å²) in [6.07, 6.45) is 0.949. The Balaban J connectivity index is 2.05. The van der Waals surface area contributed by atoms with Crippen molar-refractivity contribution in [3.8, 4) is 0 Å². The zero-order valence-corrected chi connectivity index (χ0v) is 13.5. The summed E-state index contributed by atoms with van der Waals surface area (Å²) >= 11 is 0. The molecule has 3 nitrogen and oxygen atoms in total. The lowest BCUT2D eigenvalue weighted by molar-refractivity contribution is 0.566. The molecule has 118 valence electrons. The lowest BCUT2D eigenvalue weighted by Gasteiger charge is -2.15. The monoisotopic (exact) mass is 321 g/mol. The Labute approximate surface area is 131 Å². The Morgan fingerprint density at radius 2 is 1.55 bits per heavy atom. The summed E-state index contributed by atoms with van der Waals surface area (Å²) in [5, 5.41) is 0. The van der Waals surface area contributed by atoms with E-state index in [0.717, 1.165) is 12.0 Å². The fourth-order valence-corrected chi connectivity index (χ4v) is 3.61. The van der Waals surface area contributed by atoms with Gasteiger partial charge in [0.05, 0.1) is 5.75 Å². The van der Waals surface area contributed by atoms with E-state index in [9.17, 15) is 12.8 Å². The average molecular weight is 321 g/mol. The van der Waals surface area contributed by atoms with Gasteiger partial charge in [0.25, 0.3) is 0 Å². The molecule has 0 fully saturated rings. The van der Waals surface area contributed by atoms with Gasteiger partial charge in [-0.15, -0.1) is 0 Å². The van der Waals surface area contributed by atoms with E-state index >= 15 is 0 Å². The van der Waals surface area contributed by atoms with Crippen molar-refractivity contribution < 1.29 is 12.8 Å². The Hall–Kier alpha value is -1.72. The molecule has 0 saturated carbocycles. The van der Waals surface area contributed by atoms with Crippen LogP contribution < -0.4 is 4.72 Å². The van der Waals surface area contributed by atoms with Crippen LogP contribution in [0.15, 0.2) is 48.5 Å². The van der Waals surface area contributed by atoms with Gasteiger partial charge in [-0.3, -0.25) is 0 Å². The second kappa shape index (κ2) is 7.03. The maximum absolute atomic E-state index is 12.8. The third-order valence-electron chi connectivity index (χ3n) is 3.51. The molecule has 0 amide bonds. The zero-order chi connectivity index (χ0) is 16.2. The minimum absolute atomic E-state index is 0.162. The first-order chi connectivity index (χ1) is 10.4. The highest BCUT2D eigenvalue weighted by Crippen LogP contribution is 2.16. The lowest BCUT2D eigenvalue weighted by Crippen LogP contribution is -2.28. The van der Waals surface area contributed by atoms with Crippen molar-refractivity contribution in [1.82, 2.24) is 4.72 Å². The van der Waals surface area contributed by atoms with E-state index in [1.165, 1.54) is 29.8 Å². The second-order valence-corrected chi connectivity index (χ2v) is 7.07. The molecule has 0 bridgehead atoms. The lowest BCUT2D eigenvalue weighted by atomic mass is 10.1. The van der Waals surface area contributed by atoms with Crippen molar-refractivity contribution in [2.24, 2.45) is 0 Å². The molecule has 1 atom stereocenters. The van der Waals surface area contributed by atoms with Crippen LogP contribution >= 0.6 is 0 Å². The first kappa shape index (κ1) is 16.6. The molecule has 0 aliphatic rings. The van der Waals surface area contributed by atoms with E-state index in [2.05, 4.69) is 11.6 Å². The molecule has 0 heterocycles. The molecule has 2 rings (SSSR count). The highest BCUT2D eigenvalue weighted by Gasteiger charge is 2.16. The van der Waals surface area contributed by atoms with Crippen LogP contribution in [-0.4, -0.2) is 8.42 Å². The molecule has 1 N–H and O–H groups in total. The molecule has 0 aliphatic heterocycles. The Kier molecular flexibility index (Phi) is 5.32. The number of benzene rings is 2. The summed E-state index contributed by atoms with van der Waals surface area (Å²) in [6.45, 7) is 3.88. The normalized spacial score (nSPS) is 13.0. The van der Waals surface area contributed by atoms with Crippen molar-refractivity contribution >= 4 is 10.0 Å². The van der Waals surface area contributed by atoms with E-state index in [1.54, 1.807) is 0 Å². The van der Waals surface area contributed by atoms with Gasteiger partial charge < -0.3 is 0 Å². The zero-order valence-electron chi connectivity index (χ0n) is 12.7. The molecular formula is C17H20FNO2S. The topological polar surface area (TPSA) is 46.2 Å². The summed E-state index contributed by atoms with van der Waals surface area (Å²) in [4.78, 5) is 0. The van der Waals surface area contributed by atoms with Gasteiger partial charge in [0, 0.05) is 6.04 Å². The van der Waals surface area contributed by atoms with Crippen LogP contribution in [0.5, 0.6) is 0 Å². The van der Waals surface area contributed by atoms with Crippen LogP contribution in [0.4, 0.5) is 4.39 Å². The van der Waals surface area contributed by atoms with Crippen LogP contribution in [0.2, 0.25) is 0 Å². The van der Waals surface area contributed by atoms with Gasteiger partial charge in [-0.1, -0.05) is 43.3 Å². The number of hydrogen-bond donors (Lipinski definition) is 1. The molecule has 2 aromatic carbocycles. The van der Waals surface area contributed by atoms with E-state index in [0.29, 0.717) is 5.56 Å². The standard InChI is InChI=1S/C17H20FNO2S/c1-3-14-4-8-16(9-5-14)13(2)19-22(20,21)12-15-6-10-17(18)11-7-15/h4-11,13,19H,3,12H2,1-2H3/t13-/m0/s1. The summed E-state index contributed by atoms with van der Waals surface area (Å²) in [7, 11) is -3.48. The Morgan fingerprint density at radius 1 is 1.00 bits per heavy atom. The van der Waals surface area contributed by atoms with Crippen LogP contribution in [0.3, 0.4) is 0 Å². The summed E-state index contributed by atoms with van der Waals surface area (Å²) in [6, 6.07) is 13.0. The van der Waals surface area contributed by atoms with Crippen LogP contribution in [-0.2, 0) is 22.2 Å². The number of aryl methyl sites for hydroxylation is 1. The third-order valence-corrected chi connectivity index (χ3v) is 4.94. The van der Waals surface area contributed by atoms with E-state index in [4.69, 9.17) is 0 Å². The van der Waals surface area contributed by atoms with Gasteiger partial charge in [0.15, 0.2) is 0 Å². The van der Waals surface area contributed by atoms with E-state index in [1.807, 2.05) is 31.2 Å². The predicted octanol–water partition coefficient (Wildman–Crippen LogP) is 3.57. The summed E-state index contributed by atoms with van der Waals surface area (Å²) in [5.41, 5.74) is 2.69. The smallest absolute Gasteiger partial charge is 0.212 e. The quantitative estimate of drug-likeness (QED) is 0.884. The second-order valence-electron chi connectivity index (χ2n) is 5.32. The molecule has 0 aliphatic carbocycles.